The second-order valence-electron chi connectivity index (χ2n) is 3.07. The van der Waals surface area contributed by atoms with Crippen LogP contribution >= 0.6 is 23.1 Å². The summed E-state index contributed by atoms with van der Waals surface area (Å²) < 4.78 is -0.718. The van der Waals surface area contributed by atoms with Crippen molar-refractivity contribution < 1.29 is 9.90 Å². The van der Waals surface area contributed by atoms with Gasteiger partial charge in [-0.15, -0.1) is 23.1 Å². The fourth-order valence-electron chi connectivity index (χ4n) is 0.627. The smallest absolute Gasteiger partial charge is 0.319 e. The van der Waals surface area contributed by atoms with Gasteiger partial charge in [-0.25, -0.2) is 0 Å². The molecule has 3 nitrogen and oxygen atoms in total. The van der Waals surface area contributed by atoms with Crippen molar-refractivity contribution in [2.24, 2.45) is 0 Å². The van der Waals surface area contributed by atoms with Gasteiger partial charge in [-0.05, 0) is 13.8 Å². The highest BCUT2D eigenvalue weighted by atomic mass is 32.2. The van der Waals surface area contributed by atoms with E-state index in [1.807, 2.05) is 0 Å². The highest BCUT2D eigenvalue weighted by Gasteiger charge is 2.27. The van der Waals surface area contributed by atoms with E-state index in [9.17, 15) is 4.79 Å². The van der Waals surface area contributed by atoms with E-state index in [0.29, 0.717) is 5.75 Å². The molecule has 13 heavy (non-hydrogen) atoms. The lowest BCUT2D eigenvalue weighted by Crippen LogP contribution is -2.27. The number of nitrogens with zero attached hydrogens (tertiary/aromatic N) is 1. The SMILES string of the molecule is CC(C)(SCc1cncs1)C(=O)O. The third kappa shape index (κ3) is 3.00. The van der Waals surface area contributed by atoms with Gasteiger partial charge < -0.3 is 5.11 Å². The van der Waals surface area contributed by atoms with Gasteiger partial charge in [-0.3, -0.25) is 9.78 Å². The number of carboxylic acid groups (broad SMARTS) is 1. The summed E-state index contributed by atoms with van der Waals surface area (Å²) in [6, 6.07) is 0. The number of hydrogen-bond donors (Lipinski definition) is 1. The molecule has 0 spiro atoms. The Kier molecular flexibility index (Phi) is 3.33. The van der Waals surface area contributed by atoms with Gasteiger partial charge >= 0.3 is 5.97 Å². The molecule has 0 aromatic carbocycles. The summed E-state index contributed by atoms with van der Waals surface area (Å²) in [5, 5.41) is 8.84. The molecule has 0 aliphatic heterocycles. The molecule has 0 saturated heterocycles. The number of carbonyl (C=O) groups is 1. The number of rotatable bonds is 4. The van der Waals surface area contributed by atoms with E-state index >= 15 is 0 Å². The van der Waals surface area contributed by atoms with E-state index in [-0.39, 0.29) is 0 Å². The quantitative estimate of drug-likeness (QED) is 0.840. The van der Waals surface area contributed by atoms with Gasteiger partial charge in [0.05, 0.1) is 5.51 Å². The van der Waals surface area contributed by atoms with Crippen LogP contribution in [0.25, 0.3) is 0 Å². The van der Waals surface area contributed by atoms with Gasteiger partial charge in [0.1, 0.15) is 4.75 Å². The minimum absolute atomic E-state index is 0.712. The van der Waals surface area contributed by atoms with Crippen LogP contribution in [0.5, 0.6) is 0 Å². The van der Waals surface area contributed by atoms with Gasteiger partial charge in [0.2, 0.25) is 0 Å². The molecule has 1 heterocycles. The van der Waals surface area contributed by atoms with Gasteiger partial charge in [-0.1, -0.05) is 0 Å². The summed E-state index contributed by atoms with van der Waals surface area (Å²) in [5.41, 5.74) is 1.75. The van der Waals surface area contributed by atoms with Crippen molar-refractivity contribution in [3.63, 3.8) is 0 Å². The van der Waals surface area contributed by atoms with Crippen molar-refractivity contribution in [1.82, 2.24) is 4.98 Å². The van der Waals surface area contributed by atoms with E-state index in [2.05, 4.69) is 4.98 Å². The van der Waals surface area contributed by atoms with Crippen LogP contribution in [-0.2, 0) is 10.5 Å². The summed E-state index contributed by atoms with van der Waals surface area (Å²) >= 11 is 2.97. The van der Waals surface area contributed by atoms with Crippen molar-refractivity contribution in [3.05, 3.63) is 16.6 Å². The maximum absolute atomic E-state index is 10.7. The fourth-order valence-corrected chi connectivity index (χ4v) is 2.16. The number of hydrogen-bond acceptors (Lipinski definition) is 4. The number of aromatic nitrogens is 1. The van der Waals surface area contributed by atoms with E-state index < -0.39 is 10.7 Å². The van der Waals surface area contributed by atoms with Crippen molar-refractivity contribution in [2.75, 3.05) is 0 Å². The molecule has 0 bridgehead atoms. The zero-order valence-corrected chi connectivity index (χ0v) is 9.11. The molecule has 0 aliphatic carbocycles. The number of carboxylic acids is 1. The van der Waals surface area contributed by atoms with Gasteiger partial charge in [0, 0.05) is 16.8 Å². The average molecular weight is 217 g/mol. The van der Waals surface area contributed by atoms with Crippen LogP contribution < -0.4 is 0 Å². The maximum atomic E-state index is 10.7. The lowest BCUT2D eigenvalue weighted by molar-refractivity contribution is -0.138. The van der Waals surface area contributed by atoms with E-state index in [1.165, 1.54) is 11.8 Å². The Morgan fingerprint density at radius 2 is 2.46 bits per heavy atom. The third-order valence-electron chi connectivity index (χ3n) is 1.57. The second kappa shape index (κ2) is 4.11. The topological polar surface area (TPSA) is 50.2 Å². The summed E-state index contributed by atoms with van der Waals surface area (Å²) in [5.74, 6) is -0.0636. The Balaban J connectivity index is 2.47. The molecule has 0 unspecified atom stereocenters. The Morgan fingerprint density at radius 1 is 1.77 bits per heavy atom. The van der Waals surface area contributed by atoms with Crippen LogP contribution in [0.2, 0.25) is 0 Å². The third-order valence-corrected chi connectivity index (χ3v) is 3.89. The second-order valence-corrected chi connectivity index (χ2v) is 5.64. The van der Waals surface area contributed by atoms with Crippen LogP contribution in [0.4, 0.5) is 0 Å². The number of thioether (sulfide) groups is 1. The van der Waals surface area contributed by atoms with Gasteiger partial charge in [0.15, 0.2) is 0 Å². The molecule has 1 aromatic rings. The Bertz CT molecular complexity index is 282. The number of aliphatic carboxylic acids is 1. The first-order valence-electron chi connectivity index (χ1n) is 3.77. The van der Waals surface area contributed by atoms with Gasteiger partial charge in [-0.2, -0.15) is 0 Å². The molecule has 0 atom stereocenters. The minimum Gasteiger partial charge on any atom is -0.480 e. The first kappa shape index (κ1) is 10.5. The highest BCUT2D eigenvalue weighted by molar-refractivity contribution is 8.00. The molecule has 1 N–H and O–H groups in total. The van der Waals surface area contributed by atoms with Crippen LogP contribution in [-0.4, -0.2) is 20.8 Å². The fraction of sp³-hybridized carbons (Fsp3) is 0.500. The maximum Gasteiger partial charge on any atom is 0.319 e. The summed E-state index contributed by atoms with van der Waals surface area (Å²) in [6.07, 6.45) is 1.77. The molecule has 72 valence electrons. The predicted molar refractivity (Wildman–Crippen MR) is 55.1 cm³/mol. The van der Waals surface area contributed by atoms with Crippen molar-refractivity contribution in [1.29, 1.82) is 0 Å². The molecule has 1 aromatic heterocycles. The van der Waals surface area contributed by atoms with Crippen LogP contribution in [0, 0.1) is 0 Å². The molecule has 0 amide bonds. The average Bonchev–Trinajstić information content (AvgIpc) is 2.52. The highest BCUT2D eigenvalue weighted by Crippen LogP contribution is 2.29. The summed E-state index contributed by atoms with van der Waals surface area (Å²) in [6.45, 7) is 3.42. The first-order valence-corrected chi connectivity index (χ1v) is 5.63. The zero-order valence-electron chi connectivity index (χ0n) is 7.48. The molecular weight excluding hydrogens is 206 g/mol. The predicted octanol–water partition coefficient (Wildman–Crippen LogP) is 2.24. The van der Waals surface area contributed by atoms with E-state index in [0.717, 1.165) is 4.88 Å². The molecular formula is C8H11NO2S2. The standard InChI is InChI=1S/C8H11NO2S2/c1-8(2,7(10)11)13-4-6-3-9-5-12-6/h3,5H,4H2,1-2H3,(H,10,11). The number of thiazole rings is 1. The van der Waals surface area contributed by atoms with Crippen LogP contribution in [0.3, 0.4) is 0 Å². The molecule has 0 radical (unpaired) electrons. The first-order chi connectivity index (χ1) is 6.02. The lowest BCUT2D eigenvalue weighted by atomic mass is 10.2. The van der Waals surface area contributed by atoms with E-state index in [4.69, 9.17) is 5.11 Å². The monoisotopic (exact) mass is 217 g/mol. The molecule has 0 saturated carbocycles. The Morgan fingerprint density at radius 3 is 2.92 bits per heavy atom. The largest absolute Gasteiger partial charge is 0.480 e. The molecule has 1 rings (SSSR count). The molecule has 5 heteroatoms. The van der Waals surface area contributed by atoms with Crippen molar-refractivity contribution in [2.45, 2.75) is 24.3 Å². The summed E-state index contributed by atoms with van der Waals surface area (Å²) in [4.78, 5) is 15.8. The Labute approximate surface area is 85.2 Å². The van der Waals surface area contributed by atoms with Crippen LogP contribution in [0.15, 0.2) is 11.7 Å². The van der Waals surface area contributed by atoms with E-state index in [1.54, 1.807) is 36.9 Å². The molecule has 0 fully saturated rings. The van der Waals surface area contributed by atoms with Crippen molar-refractivity contribution in [3.8, 4) is 0 Å². The minimum atomic E-state index is -0.776. The zero-order chi connectivity index (χ0) is 9.90. The normalized spacial score (nSPS) is 11.5. The van der Waals surface area contributed by atoms with Gasteiger partial charge in [0.25, 0.3) is 0 Å². The van der Waals surface area contributed by atoms with Crippen LogP contribution in [0.1, 0.15) is 18.7 Å². The summed E-state index contributed by atoms with van der Waals surface area (Å²) in [7, 11) is 0. The Hall–Kier alpha value is -0.550. The van der Waals surface area contributed by atoms with Crippen molar-refractivity contribution >= 4 is 29.1 Å². The molecule has 0 aliphatic rings. The lowest BCUT2D eigenvalue weighted by Gasteiger charge is -2.17.